The van der Waals surface area contributed by atoms with Crippen molar-refractivity contribution >= 4 is 40.6 Å². The molecule has 37 heavy (non-hydrogen) atoms. The number of benzene rings is 1. The molecule has 3 aromatic rings. The van der Waals surface area contributed by atoms with E-state index in [-0.39, 0.29) is 18.3 Å². The Kier molecular flexibility index (Phi) is 7.77. The van der Waals surface area contributed by atoms with Crippen LogP contribution in [-0.4, -0.2) is 57.9 Å². The minimum Gasteiger partial charge on any atom is -0.461 e. The molecular formula is C26H32ClN5O5. The highest BCUT2D eigenvalue weighted by Crippen LogP contribution is 2.27. The summed E-state index contributed by atoms with van der Waals surface area (Å²) in [6.07, 6.45) is 1.12. The fourth-order valence-electron chi connectivity index (χ4n) is 4.41. The van der Waals surface area contributed by atoms with E-state index < -0.39 is 23.2 Å². The number of anilines is 1. The third-order valence-corrected chi connectivity index (χ3v) is 6.29. The minimum absolute atomic E-state index is 0.0383. The lowest BCUT2D eigenvalue weighted by atomic mass is 10.1. The fourth-order valence-corrected chi connectivity index (χ4v) is 4.61. The van der Waals surface area contributed by atoms with Gasteiger partial charge in [0.1, 0.15) is 16.8 Å². The van der Waals surface area contributed by atoms with Gasteiger partial charge in [0.25, 0.3) is 5.56 Å². The van der Waals surface area contributed by atoms with Gasteiger partial charge >= 0.3 is 12.1 Å². The van der Waals surface area contributed by atoms with E-state index in [2.05, 4.69) is 10.3 Å². The number of H-pyrrole nitrogens is 1. The molecule has 10 nitrogen and oxygen atoms in total. The normalized spacial score (nSPS) is 16.0. The predicted octanol–water partition coefficient (Wildman–Crippen LogP) is 4.10. The molecule has 3 heterocycles. The molecule has 11 heteroatoms. The number of nitrogens with zero attached hydrogens (tertiary/aromatic N) is 3. The summed E-state index contributed by atoms with van der Waals surface area (Å²) in [6.45, 7) is 8.80. The van der Waals surface area contributed by atoms with Crippen LogP contribution < -0.4 is 15.8 Å². The molecule has 2 aromatic heterocycles. The first-order valence-electron chi connectivity index (χ1n) is 12.3. The van der Waals surface area contributed by atoms with Gasteiger partial charge < -0.3 is 29.2 Å². The molecule has 0 saturated carbocycles. The Morgan fingerprint density at radius 1 is 1.27 bits per heavy atom. The first-order chi connectivity index (χ1) is 17.6. The number of nitrogens with one attached hydrogen (secondary N) is 2. The van der Waals surface area contributed by atoms with Crippen molar-refractivity contribution in [3.8, 4) is 0 Å². The Balaban J connectivity index is 1.72. The summed E-state index contributed by atoms with van der Waals surface area (Å²) in [4.78, 5) is 47.3. The largest absolute Gasteiger partial charge is 0.461 e. The molecule has 1 aromatic carbocycles. The number of halogens is 1. The Morgan fingerprint density at radius 2 is 2.03 bits per heavy atom. The Morgan fingerprint density at radius 3 is 2.73 bits per heavy atom. The second-order valence-corrected chi connectivity index (χ2v) is 10.4. The molecule has 0 bridgehead atoms. The molecule has 1 amide bonds. The van der Waals surface area contributed by atoms with E-state index in [1.165, 1.54) is 6.07 Å². The van der Waals surface area contributed by atoms with Gasteiger partial charge in [-0.3, -0.25) is 4.79 Å². The monoisotopic (exact) mass is 529 g/mol. The number of hydrogen-bond acceptors (Lipinski definition) is 7. The van der Waals surface area contributed by atoms with Crippen LogP contribution in [0.5, 0.6) is 0 Å². The number of imidazole rings is 1. The van der Waals surface area contributed by atoms with Crippen LogP contribution in [0, 0.1) is 0 Å². The summed E-state index contributed by atoms with van der Waals surface area (Å²) in [5.41, 5.74) is 0.502. The van der Waals surface area contributed by atoms with Crippen LogP contribution in [0.2, 0.25) is 5.02 Å². The van der Waals surface area contributed by atoms with E-state index in [4.69, 9.17) is 26.1 Å². The van der Waals surface area contributed by atoms with Gasteiger partial charge in [0.2, 0.25) is 5.95 Å². The molecule has 1 atom stereocenters. The second kappa shape index (κ2) is 10.8. The highest BCUT2D eigenvalue weighted by atomic mass is 35.5. The molecule has 1 saturated heterocycles. The number of carbonyl (C=O) groups excluding carboxylic acids is 2. The number of carbonyl (C=O) groups is 2. The van der Waals surface area contributed by atoms with E-state index in [9.17, 15) is 14.4 Å². The highest BCUT2D eigenvalue weighted by Gasteiger charge is 2.28. The van der Waals surface area contributed by atoms with Crippen molar-refractivity contribution in [3.05, 3.63) is 57.0 Å². The van der Waals surface area contributed by atoms with E-state index in [1.807, 2.05) is 43.9 Å². The van der Waals surface area contributed by atoms with Crippen molar-refractivity contribution in [2.24, 2.45) is 0 Å². The number of piperidine rings is 1. The molecule has 0 unspecified atom stereocenters. The van der Waals surface area contributed by atoms with Crippen LogP contribution in [0.4, 0.5) is 10.7 Å². The standard InChI is InChI=1S/C26H32ClN5O5/c1-5-36-23(34)20-13-19-21(22(33)29-20)32(14-16-9-6-7-11-18(16)27)24(30-19)31-12-8-10-17(15-31)28-25(35)37-26(2,3)4/h6-7,9,11,13,17H,5,8,10,12,14-15H2,1-4H3,(H,28,35)(H,29,33)/t17-/m1/s1. The van der Waals surface area contributed by atoms with Gasteiger partial charge in [0.15, 0.2) is 0 Å². The van der Waals surface area contributed by atoms with Gasteiger partial charge in [-0.25, -0.2) is 14.6 Å². The van der Waals surface area contributed by atoms with Gasteiger partial charge in [0.05, 0.1) is 18.7 Å². The van der Waals surface area contributed by atoms with Crippen molar-refractivity contribution in [1.82, 2.24) is 19.9 Å². The number of ether oxygens (including phenoxy) is 2. The molecule has 0 spiro atoms. The highest BCUT2D eigenvalue weighted by molar-refractivity contribution is 6.31. The number of rotatable bonds is 6. The van der Waals surface area contributed by atoms with E-state index in [0.717, 1.165) is 18.4 Å². The third kappa shape index (κ3) is 6.25. The number of esters is 1. The van der Waals surface area contributed by atoms with Crippen molar-refractivity contribution in [3.63, 3.8) is 0 Å². The van der Waals surface area contributed by atoms with Gasteiger partial charge in [-0.2, -0.15) is 0 Å². The third-order valence-electron chi connectivity index (χ3n) is 5.93. The maximum atomic E-state index is 13.2. The van der Waals surface area contributed by atoms with Gasteiger partial charge in [-0.1, -0.05) is 29.8 Å². The average molecular weight is 530 g/mol. The Hall–Kier alpha value is -3.53. The predicted molar refractivity (Wildman–Crippen MR) is 141 cm³/mol. The zero-order valence-corrected chi connectivity index (χ0v) is 22.2. The lowest BCUT2D eigenvalue weighted by Gasteiger charge is -2.34. The molecule has 2 N–H and O–H groups in total. The van der Waals surface area contributed by atoms with Crippen molar-refractivity contribution < 1.29 is 19.1 Å². The van der Waals surface area contributed by atoms with E-state index >= 15 is 0 Å². The molecule has 1 aliphatic rings. The first kappa shape index (κ1) is 26.5. The lowest BCUT2D eigenvalue weighted by molar-refractivity contribution is 0.0495. The number of aromatic nitrogens is 3. The summed E-state index contributed by atoms with van der Waals surface area (Å²) in [5, 5.41) is 3.51. The zero-order chi connectivity index (χ0) is 26.7. The van der Waals surface area contributed by atoms with Crippen LogP contribution in [0.15, 0.2) is 35.1 Å². The number of alkyl carbamates (subject to hydrolysis) is 1. The number of fused-ring (bicyclic) bond motifs is 1. The number of hydrogen-bond donors (Lipinski definition) is 2. The zero-order valence-electron chi connectivity index (χ0n) is 21.5. The smallest absolute Gasteiger partial charge is 0.407 e. The second-order valence-electron chi connectivity index (χ2n) is 9.99. The molecule has 1 fully saturated rings. The maximum Gasteiger partial charge on any atom is 0.407 e. The van der Waals surface area contributed by atoms with Crippen molar-refractivity contribution in [2.75, 3.05) is 24.6 Å². The SMILES string of the molecule is CCOC(=O)c1cc2nc(N3CCC[C@@H](NC(=O)OC(C)(C)C)C3)n(Cc3ccccc3Cl)c2c(=O)[nH]1. The number of amides is 1. The Bertz CT molecular complexity index is 1360. The summed E-state index contributed by atoms with van der Waals surface area (Å²) < 4.78 is 12.3. The average Bonchev–Trinajstić information content (AvgIpc) is 3.18. The summed E-state index contributed by atoms with van der Waals surface area (Å²) in [5.74, 6) is -0.0691. The number of pyridine rings is 1. The van der Waals surface area contributed by atoms with Crippen molar-refractivity contribution in [1.29, 1.82) is 0 Å². The van der Waals surface area contributed by atoms with Crippen LogP contribution in [0.3, 0.4) is 0 Å². The van der Waals surface area contributed by atoms with Crippen LogP contribution in [-0.2, 0) is 16.0 Å². The summed E-state index contributed by atoms with van der Waals surface area (Å²) >= 11 is 6.45. The van der Waals surface area contributed by atoms with Crippen LogP contribution >= 0.6 is 11.6 Å². The van der Waals surface area contributed by atoms with Gasteiger partial charge in [-0.05, 0) is 58.2 Å². The Labute approximate surface area is 219 Å². The van der Waals surface area contributed by atoms with Crippen LogP contribution in [0.1, 0.15) is 56.6 Å². The quantitative estimate of drug-likeness (QED) is 0.461. The number of aromatic amines is 1. The molecule has 0 radical (unpaired) electrons. The first-order valence-corrected chi connectivity index (χ1v) is 12.7. The van der Waals surface area contributed by atoms with Gasteiger partial charge in [0, 0.05) is 24.2 Å². The fraction of sp³-hybridized carbons (Fsp3) is 0.462. The molecule has 0 aliphatic carbocycles. The van der Waals surface area contributed by atoms with Crippen molar-refractivity contribution in [2.45, 2.75) is 58.7 Å². The molecule has 1 aliphatic heterocycles. The lowest BCUT2D eigenvalue weighted by Crippen LogP contribution is -2.49. The molecular weight excluding hydrogens is 498 g/mol. The molecule has 4 rings (SSSR count). The van der Waals surface area contributed by atoms with E-state index in [0.29, 0.717) is 41.6 Å². The minimum atomic E-state index is -0.622. The van der Waals surface area contributed by atoms with Crippen LogP contribution in [0.25, 0.3) is 11.0 Å². The summed E-state index contributed by atoms with van der Waals surface area (Å²) in [7, 11) is 0. The summed E-state index contributed by atoms with van der Waals surface area (Å²) in [6, 6.07) is 8.77. The van der Waals surface area contributed by atoms with E-state index in [1.54, 1.807) is 17.6 Å². The van der Waals surface area contributed by atoms with Gasteiger partial charge in [-0.15, -0.1) is 0 Å². The molecule has 198 valence electrons. The topological polar surface area (TPSA) is 119 Å². The maximum absolute atomic E-state index is 13.2.